The van der Waals surface area contributed by atoms with Crippen LogP contribution in [0.3, 0.4) is 0 Å². The van der Waals surface area contributed by atoms with Gasteiger partial charge in [-0.05, 0) is 30.0 Å². The number of amides is 1. The lowest BCUT2D eigenvalue weighted by Gasteiger charge is -2.33. The van der Waals surface area contributed by atoms with Crippen molar-refractivity contribution in [3.05, 3.63) is 35.6 Å². The zero-order chi connectivity index (χ0) is 14.5. The van der Waals surface area contributed by atoms with Gasteiger partial charge in [0.25, 0.3) is 0 Å². The lowest BCUT2D eigenvalue weighted by molar-refractivity contribution is -0.139. The summed E-state index contributed by atoms with van der Waals surface area (Å²) in [4.78, 5) is 14.0. The Balaban J connectivity index is 1.94. The molecule has 1 saturated heterocycles. The van der Waals surface area contributed by atoms with Gasteiger partial charge in [-0.15, -0.1) is 0 Å². The molecule has 0 unspecified atom stereocenters. The molecular weight excluding hydrogens is 257 g/mol. The lowest BCUT2D eigenvalue weighted by atomic mass is 10.1. The van der Waals surface area contributed by atoms with Crippen LogP contribution in [0, 0.1) is 11.7 Å². The molecule has 0 saturated carbocycles. The zero-order valence-electron chi connectivity index (χ0n) is 12.1. The molecule has 1 atom stereocenters. The minimum Gasteiger partial charge on any atom is -0.370 e. The second kappa shape index (κ2) is 6.84. The first-order chi connectivity index (χ1) is 9.56. The van der Waals surface area contributed by atoms with Crippen LogP contribution in [0.2, 0.25) is 0 Å². The van der Waals surface area contributed by atoms with E-state index in [9.17, 15) is 9.18 Å². The molecular formula is C16H22FNO2. The van der Waals surface area contributed by atoms with Crippen molar-refractivity contribution in [2.75, 3.05) is 19.7 Å². The number of hydrogen-bond donors (Lipinski definition) is 0. The fourth-order valence-electron chi connectivity index (χ4n) is 2.33. The van der Waals surface area contributed by atoms with E-state index in [4.69, 9.17) is 4.74 Å². The van der Waals surface area contributed by atoms with Crippen molar-refractivity contribution in [1.82, 2.24) is 4.90 Å². The van der Waals surface area contributed by atoms with E-state index >= 15 is 0 Å². The first-order valence-electron chi connectivity index (χ1n) is 7.21. The summed E-state index contributed by atoms with van der Waals surface area (Å²) in [5.41, 5.74) is 0.924. The smallest absolute Gasteiger partial charge is 0.222 e. The third-order valence-electron chi connectivity index (χ3n) is 3.60. The van der Waals surface area contributed by atoms with Gasteiger partial charge in [-0.3, -0.25) is 4.79 Å². The normalized spacial score (nSPS) is 19.4. The Bertz CT molecular complexity index is 444. The number of carbonyl (C=O) groups is 1. The molecule has 1 aliphatic heterocycles. The number of hydrogen-bond acceptors (Lipinski definition) is 2. The Morgan fingerprint density at radius 3 is 2.75 bits per heavy atom. The highest BCUT2D eigenvalue weighted by Crippen LogP contribution is 2.23. The molecule has 1 aromatic carbocycles. The van der Waals surface area contributed by atoms with Crippen LogP contribution in [0.15, 0.2) is 24.3 Å². The Morgan fingerprint density at radius 1 is 1.40 bits per heavy atom. The molecule has 1 amide bonds. The van der Waals surface area contributed by atoms with E-state index < -0.39 is 0 Å². The van der Waals surface area contributed by atoms with Gasteiger partial charge in [0.15, 0.2) is 0 Å². The second-order valence-electron chi connectivity index (χ2n) is 5.68. The number of benzene rings is 1. The number of nitrogens with zero attached hydrogens (tertiary/aromatic N) is 1. The molecule has 3 nitrogen and oxygen atoms in total. The van der Waals surface area contributed by atoms with Gasteiger partial charge in [0.2, 0.25) is 5.91 Å². The summed E-state index contributed by atoms with van der Waals surface area (Å²) in [7, 11) is 0. The number of ether oxygens (including phenoxy) is 1. The van der Waals surface area contributed by atoms with Crippen LogP contribution < -0.4 is 0 Å². The van der Waals surface area contributed by atoms with Crippen LogP contribution >= 0.6 is 0 Å². The fourth-order valence-corrected chi connectivity index (χ4v) is 2.33. The highest BCUT2D eigenvalue weighted by atomic mass is 19.1. The summed E-state index contributed by atoms with van der Waals surface area (Å²) >= 11 is 0. The lowest BCUT2D eigenvalue weighted by Crippen LogP contribution is -2.42. The highest BCUT2D eigenvalue weighted by Gasteiger charge is 2.25. The SMILES string of the molecule is CC(C)CCC(=O)N1CCO[C@H](c2ccc(F)cc2)C1. The number of carbonyl (C=O) groups excluding carboxylic acids is 1. The Morgan fingerprint density at radius 2 is 2.10 bits per heavy atom. The van der Waals surface area contributed by atoms with Gasteiger partial charge in [-0.2, -0.15) is 0 Å². The molecule has 1 aromatic rings. The summed E-state index contributed by atoms with van der Waals surface area (Å²) in [6.07, 6.45) is 1.36. The first-order valence-corrected chi connectivity index (χ1v) is 7.21. The fraction of sp³-hybridized carbons (Fsp3) is 0.562. The quantitative estimate of drug-likeness (QED) is 0.847. The van der Waals surface area contributed by atoms with Crippen molar-refractivity contribution in [3.8, 4) is 0 Å². The van der Waals surface area contributed by atoms with Crippen molar-refractivity contribution in [1.29, 1.82) is 0 Å². The number of halogens is 1. The first kappa shape index (κ1) is 15.0. The summed E-state index contributed by atoms with van der Waals surface area (Å²) in [6, 6.07) is 6.31. The summed E-state index contributed by atoms with van der Waals surface area (Å²) in [6.45, 7) is 5.98. The van der Waals surface area contributed by atoms with Crippen LogP contribution in [0.1, 0.15) is 38.4 Å². The van der Waals surface area contributed by atoms with E-state index in [2.05, 4.69) is 13.8 Å². The Labute approximate surface area is 119 Å². The summed E-state index contributed by atoms with van der Waals surface area (Å²) in [5.74, 6) is 0.469. The molecule has 1 aliphatic rings. The van der Waals surface area contributed by atoms with Gasteiger partial charge in [0.05, 0.1) is 13.2 Å². The van der Waals surface area contributed by atoms with Gasteiger partial charge in [-0.1, -0.05) is 26.0 Å². The predicted octanol–water partition coefficient (Wildman–Crippen LogP) is 3.16. The van der Waals surface area contributed by atoms with Crippen LogP contribution in [-0.2, 0) is 9.53 Å². The molecule has 4 heteroatoms. The van der Waals surface area contributed by atoms with Gasteiger partial charge < -0.3 is 9.64 Å². The molecule has 2 rings (SSSR count). The molecule has 0 N–H and O–H groups in total. The highest BCUT2D eigenvalue weighted by molar-refractivity contribution is 5.76. The monoisotopic (exact) mass is 279 g/mol. The van der Waals surface area contributed by atoms with E-state index in [1.807, 2.05) is 4.90 Å². The summed E-state index contributed by atoms with van der Waals surface area (Å²) < 4.78 is 18.6. The number of morpholine rings is 1. The standard InChI is InChI=1S/C16H22FNO2/c1-12(2)3-8-16(19)18-9-10-20-15(11-18)13-4-6-14(17)7-5-13/h4-7,12,15H,3,8-11H2,1-2H3/t15-/m0/s1. The predicted molar refractivity (Wildman–Crippen MR) is 75.7 cm³/mol. The maximum atomic E-state index is 12.9. The van der Waals surface area contributed by atoms with Crippen molar-refractivity contribution < 1.29 is 13.9 Å². The van der Waals surface area contributed by atoms with Crippen molar-refractivity contribution in [2.45, 2.75) is 32.8 Å². The Kier molecular flexibility index (Phi) is 5.12. The topological polar surface area (TPSA) is 29.5 Å². The average Bonchev–Trinajstić information content (AvgIpc) is 2.45. The summed E-state index contributed by atoms with van der Waals surface area (Å²) in [5, 5.41) is 0. The van der Waals surface area contributed by atoms with E-state index in [1.54, 1.807) is 12.1 Å². The van der Waals surface area contributed by atoms with Crippen molar-refractivity contribution in [2.24, 2.45) is 5.92 Å². The van der Waals surface area contributed by atoms with E-state index in [-0.39, 0.29) is 17.8 Å². The molecule has 0 aliphatic carbocycles. The van der Waals surface area contributed by atoms with Crippen LogP contribution in [0.4, 0.5) is 4.39 Å². The third-order valence-corrected chi connectivity index (χ3v) is 3.60. The van der Waals surface area contributed by atoms with Gasteiger partial charge in [-0.25, -0.2) is 4.39 Å². The average molecular weight is 279 g/mol. The van der Waals surface area contributed by atoms with E-state index in [0.717, 1.165) is 12.0 Å². The maximum Gasteiger partial charge on any atom is 0.222 e. The molecule has 0 aromatic heterocycles. The molecule has 20 heavy (non-hydrogen) atoms. The largest absolute Gasteiger partial charge is 0.370 e. The minimum absolute atomic E-state index is 0.146. The van der Waals surface area contributed by atoms with E-state index in [0.29, 0.717) is 32.0 Å². The minimum atomic E-state index is -0.255. The van der Waals surface area contributed by atoms with E-state index in [1.165, 1.54) is 12.1 Å². The molecule has 110 valence electrons. The van der Waals surface area contributed by atoms with Gasteiger partial charge in [0, 0.05) is 13.0 Å². The van der Waals surface area contributed by atoms with Gasteiger partial charge in [0.1, 0.15) is 11.9 Å². The van der Waals surface area contributed by atoms with Crippen LogP contribution in [0.5, 0.6) is 0 Å². The second-order valence-corrected chi connectivity index (χ2v) is 5.68. The van der Waals surface area contributed by atoms with Crippen molar-refractivity contribution >= 4 is 5.91 Å². The third kappa shape index (κ3) is 4.04. The molecule has 1 fully saturated rings. The van der Waals surface area contributed by atoms with Crippen LogP contribution in [0.25, 0.3) is 0 Å². The van der Waals surface area contributed by atoms with Gasteiger partial charge >= 0.3 is 0 Å². The molecule has 0 spiro atoms. The Hall–Kier alpha value is -1.42. The maximum absolute atomic E-state index is 12.9. The van der Waals surface area contributed by atoms with Crippen molar-refractivity contribution in [3.63, 3.8) is 0 Å². The van der Waals surface area contributed by atoms with Crippen LogP contribution in [-0.4, -0.2) is 30.5 Å². The molecule has 1 heterocycles. The zero-order valence-corrected chi connectivity index (χ0v) is 12.1. The molecule has 0 radical (unpaired) electrons. The number of rotatable bonds is 4. The molecule has 0 bridgehead atoms.